The molecule has 4 aromatic rings. The molecule has 0 atom stereocenters. The minimum absolute atomic E-state index is 0.190. The summed E-state index contributed by atoms with van der Waals surface area (Å²) >= 11 is 0. The second kappa shape index (κ2) is 8.43. The van der Waals surface area contributed by atoms with Crippen LogP contribution in [0.5, 0.6) is 0 Å². The molecule has 0 aliphatic heterocycles. The first-order valence-electron chi connectivity index (χ1n) is 9.77. The first kappa shape index (κ1) is 22.1. The molecule has 2 heterocycles. The molecule has 0 radical (unpaired) electrons. The Morgan fingerprint density at radius 3 is 0.853 bits per heavy atom. The van der Waals surface area contributed by atoms with E-state index in [1.54, 1.807) is 48.5 Å². The van der Waals surface area contributed by atoms with E-state index in [0.29, 0.717) is 11.4 Å². The normalized spacial score (nSPS) is 10.7. The monoisotopic (exact) mass is 460 g/mol. The fraction of sp³-hybridized carbons (Fsp3) is 0. The average Bonchev–Trinajstić information content (AvgIpc) is 3.45. The molecular formula is C24H16N2O8. The molecule has 4 N–H and O–H groups in total. The van der Waals surface area contributed by atoms with E-state index in [0.717, 1.165) is 20.3 Å². The number of carboxylic acid groups (broad SMARTS) is 4. The Hall–Kier alpha value is -5.12. The van der Waals surface area contributed by atoms with Crippen molar-refractivity contribution >= 4 is 23.9 Å². The van der Waals surface area contributed by atoms with E-state index in [2.05, 4.69) is 0 Å². The summed E-state index contributed by atoms with van der Waals surface area (Å²) in [5, 5.41) is 37.5. The molecule has 0 aliphatic carbocycles. The number of benzene rings is 2. The lowest BCUT2D eigenvalue weighted by molar-refractivity contribution is 0.0662. The van der Waals surface area contributed by atoms with Crippen molar-refractivity contribution in [2.24, 2.45) is 0 Å². The lowest BCUT2D eigenvalue weighted by Crippen LogP contribution is -2.12. The van der Waals surface area contributed by atoms with E-state index in [4.69, 9.17) is 0 Å². The fourth-order valence-corrected chi connectivity index (χ4v) is 3.70. The van der Waals surface area contributed by atoms with Crippen LogP contribution in [0.4, 0.5) is 0 Å². The van der Waals surface area contributed by atoms with Crippen molar-refractivity contribution in [2.75, 3.05) is 0 Å². The van der Waals surface area contributed by atoms with Crippen LogP contribution in [0.3, 0.4) is 0 Å². The van der Waals surface area contributed by atoms with Crippen molar-refractivity contribution in [1.82, 2.24) is 9.13 Å². The Kier molecular flexibility index (Phi) is 5.48. The number of rotatable bonds is 7. The Bertz CT molecular complexity index is 1270. The molecule has 0 bridgehead atoms. The Labute approximate surface area is 191 Å². The lowest BCUT2D eigenvalue weighted by Gasteiger charge is -2.12. The van der Waals surface area contributed by atoms with Crippen molar-refractivity contribution in [1.29, 1.82) is 0 Å². The van der Waals surface area contributed by atoms with Gasteiger partial charge in [0.15, 0.2) is 0 Å². The van der Waals surface area contributed by atoms with Gasteiger partial charge in [-0.3, -0.25) is 9.13 Å². The number of hydrogen-bond donors (Lipinski definition) is 4. The van der Waals surface area contributed by atoms with Gasteiger partial charge in [0.05, 0.1) is 0 Å². The van der Waals surface area contributed by atoms with Gasteiger partial charge in [0.25, 0.3) is 0 Å². The number of hydrogen-bond acceptors (Lipinski definition) is 4. The summed E-state index contributed by atoms with van der Waals surface area (Å²) in [6.45, 7) is 0. The van der Waals surface area contributed by atoms with E-state index < -0.39 is 23.9 Å². The van der Waals surface area contributed by atoms with E-state index in [1.807, 2.05) is 0 Å². The Morgan fingerprint density at radius 2 is 0.647 bits per heavy atom. The minimum atomic E-state index is -1.27. The van der Waals surface area contributed by atoms with Gasteiger partial charge in [0, 0.05) is 11.4 Å². The molecule has 2 aromatic heterocycles. The van der Waals surface area contributed by atoms with Crippen LogP contribution in [-0.4, -0.2) is 53.4 Å². The molecule has 0 amide bonds. The average molecular weight is 460 g/mol. The van der Waals surface area contributed by atoms with Gasteiger partial charge in [-0.25, -0.2) is 19.2 Å². The smallest absolute Gasteiger partial charge is 0.352 e. The quantitative estimate of drug-likeness (QED) is 0.325. The zero-order chi connectivity index (χ0) is 24.6. The van der Waals surface area contributed by atoms with E-state index in [1.165, 1.54) is 24.3 Å². The van der Waals surface area contributed by atoms with E-state index in [9.17, 15) is 39.6 Å². The SMILES string of the molecule is O=C(O)c1ccc(C(=O)O)n1-c1ccc(-c2ccc(-n3c(C(=O)O)ccc3C(=O)O)cc2)cc1. The van der Waals surface area contributed by atoms with Crippen molar-refractivity contribution in [3.8, 4) is 22.5 Å². The second-order valence-corrected chi connectivity index (χ2v) is 7.19. The zero-order valence-electron chi connectivity index (χ0n) is 17.2. The first-order chi connectivity index (χ1) is 16.2. The number of carboxylic acids is 4. The van der Waals surface area contributed by atoms with Gasteiger partial charge in [0.1, 0.15) is 22.8 Å². The number of carbonyl (C=O) groups is 4. The number of aromatic nitrogens is 2. The zero-order valence-corrected chi connectivity index (χ0v) is 17.2. The predicted octanol–water partition coefficient (Wildman–Crippen LogP) is 3.73. The Balaban J connectivity index is 1.70. The summed E-state index contributed by atoms with van der Waals surface area (Å²) in [6, 6.07) is 17.9. The van der Waals surface area contributed by atoms with Gasteiger partial charge in [-0.15, -0.1) is 0 Å². The molecule has 4 rings (SSSR count). The van der Waals surface area contributed by atoms with E-state index in [-0.39, 0.29) is 22.8 Å². The lowest BCUT2D eigenvalue weighted by atomic mass is 10.0. The van der Waals surface area contributed by atoms with Crippen LogP contribution in [0.2, 0.25) is 0 Å². The highest BCUT2D eigenvalue weighted by atomic mass is 16.4. The molecular weight excluding hydrogens is 444 g/mol. The summed E-state index contributed by atoms with van der Waals surface area (Å²) in [6.07, 6.45) is 0. The molecule has 0 fully saturated rings. The van der Waals surface area contributed by atoms with Crippen LogP contribution in [0.1, 0.15) is 42.0 Å². The molecule has 0 saturated carbocycles. The first-order valence-corrected chi connectivity index (χ1v) is 9.77. The molecule has 170 valence electrons. The molecule has 0 aliphatic rings. The molecule has 0 unspecified atom stereocenters. The maximum absolute atomic E-state index is 11.5. The van der Waals surface area contributed by atoms with Crippen LogP contribution in [0, 0.1) is 0 Å². The fourth-order valence-electron chi connectivity index (χ4n) is 3.70. The summed E-state index contributed by atoms with van der Waals surface area (Å²) in [5.74, 6) is -5.06. The van der Waals surface area contributed by atoms with Gasteiger partial charge < -0.3 is 20.4 Å². The van der Waals surface area contributed by atoms with Crippen LogP contribution >= 0.6 is 0 Å². The molecule has 0 spiro atoms. The highest BCUT2D eigenvalue weighted by molar-refractivity contribution is 5.94. The highest BCUT2D eigenvalue weighted by Crippen LogP contribution is 2.26. The standard InChI is InChI=1S/C24H16N2O8/c27-21(28)17-9-10-18(22(29)30)25(17)15-5-1-13(2-6-15)14-3-7-16(8-4-14)26-19(23(31)32)11-12-20(26)24(33)34/h1-12H,(H,27,28)(H,29,30)(H,31,32)(H,33,34). The highest BCUT2D eigenvalue weighted by Gasteiger charge is 2.21. The van der Waals surface area contributed by atoms with Gasteiger partial charge in [-0.1, -0.05) is 24.3 Å². The maximum atomic E-state index is 11.5. The number of aromatic carboxylic acids is 4. The minimum Gasteiger partial charge on any atom is -0.477 e. The van der Waals surface area contributed by atoms with Gasteiger partial charge >= 0.3 is 23.9 Å². The molecule has 34 heavy (non-hydrogen) atoms. The summed E-state index contributed by atoms with van der Waals surface area (Å²) in [7, 11) is 0. The second-order valence-electron chi connectivity index (χ2n) is 7.19. The van der Waals surface area contributed by atoms with Crippen molar-refractivity contribution in [3.63, 3.8) is 0 Å². The van der Waals surface area contributed by atoms with Crippen molar-refractivity contribution in [2.45, 2.75) is 0 Å². The molecule has 10 nitrogen and oxygen atoms in total. The summed E-state index contributed by atoms with van der Waals surface area (Å²) < 4.78 is 2.26. The van der Waals surface area contributed by atoms with E-state index >= 15 is 0 Å². The number of nitrogens with zero attached hydrogens (tertiary/aromatic N) is 2. The van der Waals surface area contributed by atoms with Crippen LogP contribution in [-0.2, 0) is 0 Å². The van der Waals surface area contributed by atoms with Gasteiger partial charge in [-0.05, 0) is 59.7 Å². The topological polar surface area (TPSA) is 159 Å². The van der Waals surface area contributed by atoms with Crippen molar-refractivity contribution in [3.05, 3.63) is 95.6 Å². The van der Waals surface area contributed by atoms with Gasteiger partial charge in [0.2, 0.25) is 0 Å². The summed E-state index contributed by atoms with van der Waals surface area (Å²) in [4.78, 5) is 46.0. The molecule has 10 heteroatoms. The summed E-state index contributed by atoms with van der Waals surface area (Å²) in [5.41, 5.74) is 1.39. The third kappa shape index (κ3) is 3.79. The molecule has 2 aromatic carbocycles. The third-order valence-corrected chi connectivity index (χ3v) is 5.22. The molecule has 0 saturated heterocycles. The van der Waals surface area contributed by atoms with Crippen LogP contribution in [0.25, 0.3) is 22.5 Å². The van der Waals surface area contributed by atoms with Gasteiger partial charge in [-0.2, -0.15) is 0 Å². The van der Waals surface area contributed by atoms with Crippen molar-refractivity contribution < 1.29 is 39.6 Å². The Morgan fingerprint density at radius 1 is 0.412 bits per heavy atom. The largest absolute Gasteiger partial charge is 0.477 e. The van der Waals surface area contributed by atoms with Crippen LogP contribution in [0.15, 0.2) is 72.8 Å². The third-order valence-electron chi connectivity index (χ3n) is 5.22. The maximum Gasteiger partial charge on any atom is 0.352 e. The van der Waals surface area contributed by atoms with Crippen LogP contribution < -0.4 is 0 Å². The predicted molar refractivity (Wildman–Crippen MR) is 118 cm³/mol.